The Hall–Kier alpha value is -14.3. The molecular weight excluding hydrogens is 1330 g/mol. The minimum absolute atomic E-state index is 0.0123. The molecule has 1 aliphatic carbocycles. The minimum Gasteiger partial charge on any atom is -0.456 e. The van der Waals surface area contributed by atoms with Gasteiger partial charge in [0.2, 0.25) is 0 Å². The van der Waals surface area contributed by atoms with E-state index in [1.807, 2.05) is 158 Å². The molecule has 518 valence electrons. The Morgan fingerprint density at radius 1 is 0.255 bits per heavy atom. The molecule has 2 aromatic heterocycles. The lowest BCUT2D eigenvalue weighted by molar-refractivity contribution is 0.668. The van der Waals surface area contributed by atoms with Gasteiger partial charge in [-0.15, -0.1) is 0 Å². The molecule has 0 atom stereocenters. The smallest absolute Gasteiger partial charge is 0.136 e. The highest BCUT2D eigenvalue weighted by atomic mass is 16.3. The van der Waals surface area contributed by atoms with Gasteiger partial charge in [-0.05, 0) is 226 Å². The van der Waals surface area contributed by atoms with Crippen molar-refractivity contribution < 1.29 is 45.8 Å². The molecule has 18 aromatic carbocycles. The van der Waals surface area contributed by atoms with Gasteiger partial charge in [0.15, 0.2) is 0 Å². The summed E-state index contributed by atoms with van der Waals surface area (Å²) in [4.78, 5) is 2.68. The quantitative estimate of drug-likeness (QED) is 0.115. The third-order valence-electron chi connectivity index (χ3n) is 20.3. The van der Waals surface area contributed by atoms with Crippen LogP contribution in [0, 0.1) is 6.92 Å². The molecule has 0 spiro atoms. The van der Waals surface area contributed by atoms with Gasteiger partial charge in [0.05, 0.1) is 42.4 Å². The molecule has 0 unspecified atom stereocenters. The second-order valence-corrected chi connectivity index (χ2v) is 26.5. The minimum atomic E-state index is -1.06. The number of para-hydroxylation sites is 3. The Labute approximate surface area is 677 Å². The predicted molar refractivity (Wildman–Crippen MR) is 461 cm³/mol. The van der Waals surface area contributed by atoms with E-state index in [1.54, 1.807) is 36.4 Å². The molecule has 0 saturated carbocycles. The fraction of sp³-hybridized carbons (Fsp3) is 0.0189. The third kappa shape index (κ3) is 11.5. The molecule has 1 aliphatic rings. The van der Waals surface area contributed by atoms with Gasteiger partial charge < -0.3 is 18.6 Å². The van der Waals surface area contributed by atoms with Crippen LogP contribution in [-0.4, -0.2) is 0 Å². The lowest BCUT2D eigenvalue weighted by Crippen LogP contribution is -2.28. The first kappa shape index (κ1) is 42.7. The first-order valence-electron chi connectivity index (χ1n) is 49.1. The predicted octanol–water partition coefficient (Wildman–Crippen LogP) is 29.4. The van der Waals surface area contributed by atoms with Crippen molar-refractivity contribution >= 4 is 99.5 Å². The van der Waals surface area contributed by atoms with Gasteiger partial charge in [-0.1, -0.05) is 315 Å². The molecule has 4 nitrogen and oxygen atoms in total. The second kappa shape index (κ2) is 27.5. The van der Waals surface area contributed by atoms with Crippen LogP contribution in [0.4, 0.5) is 34.1 Å². The van der Waals surface area contributed by atoms with E-state index in [0.29, 0.717) is 5.69 Å². The zero-order valence-electron chi connectivity index (χ0n) is 85.5. The van der Waals surface area contributed by atoms with Crippen molar-refractivity contribution in [3.63, 3.8) is 0 Å². The number of furan rings is 2. The Morgan fingerprint density at radius 2 is 0.745 bits per heavy atom. The van der Waals surface area contributed by atoms with Crippen molar-refractivity contribution in [3.8, 4) is 66.8 Å². The monoisotopic (exact) mass is 1430 g/mol. The van der Waals surface area contributed by atoms with Crippen LogP contribution >= 0.6 is 0 Å². The van der Waals surface area contributed by atoms with Crippen LogP contribution in [0.25, 0.3) is 132 Å². The molecule has 2 heterocycles. The van der Waals surface area contributed by atoms with E-state index in [2.05, 4.69) is 54.6 Å². The van der Waals surface area contributed by atoms with Crippen LogP contribution in [0.1, 0.15) is 64.8 Å². The average Bonchev–Trinajstić information content (AvgIpc) is 1.53. The van der Waals surface area contributed by atoms with Gasteiger partial charge in [-0.2, -0.15) is 0 Å². The van der Waals surface area contributed by atoms with Gasteiger partial charge in [-0.3, -0.25) is 0 Å². The Kier molecular flexibility index (Phi) is 10.7. The Morgan fingerprint density at radius 3 is 1.42 bits per heavy atom. The van der Waals surface area contributed by atoms with Gasteiger partial charge in [0.1, 0.15) is 22.3 Å². The van der Waals surface area contributed by atoms with E-state index in [9.17, 15) is 12.3 Å². The summed E-state index contributed by atoms with van der Waals surface area (Å²) in [5.74, 6) is 0. The highest BCUT2D eigenvalue weighted by molar-refractivity contribution is 6.14. The molecule has 0 aliphatic heterocycles. The van der Waals surface area contributed by atoms with Gasteiger partial charge >= 0.3 is 0 Å². The number of nitrogens with zero attached hydrogens (tertiary/aromatic N) is 2. The molecule has 0 saturated heterocycles. The maximum atomic E-state index is 9.66. The summed E-state index contributed by atoms with van der Waals surface area (Å²) in [6.07, 6.45) is 0. The molecule has 21 rings (SSSR count). The number of rotatable bonds is 13. The molecule has 20 aromatic rings. The maximum Gasteiger partial charge on any atom is 0.136 e. The Bertz CT molecular complexity index is 8450. The highest BCUT2D eigenvalue weighted by Crippen LogP contribution is 2.59. The van der Waals surface area contributed by atoms with Gasteiger partial charge in [0.25, 0.3) is 0 Å². The summed E-state index contributed by atoms with van der Waals surface area (Å²) in [6, 6.07) is 65.4. The number of benzene rings is 18. The van der Waals surface area contributed by atoms with Crippen LogP contribution in [0.15, 0.2) is 427 Å². The van der Waals surface area contributed by atoms with Crippen LogP contribution in [0.3, 0.4) is 0 Å². The molecule has 0 N–H and O–H groups in total. The molecule has 4 heteroatoms. The molecule has 110 heavy (non-hydrogen) atoms. The first-order valence-corrected chi connectivity index (χ1v) is 35.6. The lowest BCUT2D eigenvalue weighted by Gasteiger charge is -2.35. The SMILES string of the molecule is [2H]c1c([2H])c([2H])c(-c2cccc(N(c3ccc(-c4ccc(-c5cccc6oc7ccccc7c56)cc4)cc3)c3c([2H])c([2H])c(-c4c([2H])c(C)c([2H])c5c([2H])c([2H])c([2H])c([2H])c45)c([2H])c3[2H])c2)c([2H])c1[2H].[2H]c1c([2H])c([2H])c(N(c2ccc3c(c2)C(c2ccccc2)(c2ccccc2)c2cc(-c4cccc5oc6ccccc6c45)ccc2-3)c2c([2H])c([2H])c3c([2H])c([2H])c([2H])c([2H])c3c2[2H])c([2H])c1[2H]. The Balaban J connectivity index is 0.000000169. The summed E-state index contributed by atoms with van der Waals surface area (Å²) in [5.41, 5.74) is 12.0. The number of hydrogen-bond donors (Lipinski definition) is 0. The van der Waals surface area contributed by atoms with E-state index in [-0.39, 0.29) is 66.9 Å². The zero-order chi connectivity index (χ0) is 96.6. The summed E-state index contributed by atoms with van der Waals surface area (Å²) in [5, 5.41) is 2.79. The lowest BCUT2D eigenvalue weighted by atomic mass is 9.67. The second-order valence-electron chi connectivity index (χ2n) is 26.5. The van der Waals surface area contributed by atoms with Crippen molar-refractivity contribution in [2.45, 2.75) is 12.3 Å². The van der Waals surface area contributed by atoms with Crippen molar-refractivity contribution in [1.82, 2.24) is 0 Å². The summed E-state index contributed by atoms with van der Waals surface area (Å²) >= 11 is 0. The summed E-state index contributed by atoms with van der Waals surface area (Å²) in [6.45, 7) is 1.42. The van der Waals surface area contributed by atoms with Crippen molar-refractivity contribution in [2.24, 2.45) is 0 Å². The van der Waals surface area contributed by atoms with Gasteiger partial charge in [-0.25, -0.2) is 0 Å². The van der Waals surface area contributed by atoms with E-state index < -0.39 is 179 Å². The van der Waals surface area contributed by atoms with Crippen LogP contribution < -0.4 is 9.80 Å². The van der Waals surface area contributed by atoms with Crippen LogP contribution in [-0.2, 0) is 5.41 Å². The first-order chi connectivity index (χ1) is 65.7. The zero-order valence-corrected chi connectivity index (χ0v) is 58.5. The average molecular weight is 1430 g/mol. The largest absolute Gasteiger partial charge is 0.456 e. The normalized spacial score (nSPS) is 15.6. The fourth-order valence-electron chi connectivity index (χ4n) is 15.5. The van der Waals surface area contributed by atoms with Crippen molar-refractivity contribution in [2.75, 3.05) is 9.80 Å². The van der Waals surface area contributed by atoms with Crippen molar-refractivity contribution in [1.29, 1.82) is 0 Å². The van der Waals surface area contributed by atoms with E-state index >= 15 is 0 Å². The number of hydrogen-bond acceptors (Lipinski definition) is 4. The van der Waals surface area contributed by atoms with E-state index in [1.165, 1.54) is 22.8 Å². The third-order valence-corrected chi connectivity index (χ3v) is 20.3. The van der Waals surface area contributed by atoms with Crippen molar-refractivity contribution in [3.05, 3.63) is 446 Å². The molecule has 0 radical (unpaired) electrons. The molecular formula is C106H72N2O2. The van der Waals surface area contributed by atoms with E-state index in [4.69, 9.17) is 33.5 Å². The molecule has 0 amide bonds. The number of anilines is 6. The van der Waals surface area contributed by atoms with Gasteiger partial charge in [0, 0.05) is 55.7 Å². The van der Waals surface area contributed by atoms with E-state index in [0.717, 1.165) is 111 Å². The number of fused-ring (bicyclic) bond motifs is 11. The topological polar surface area (TPSA) is 32.8 Å². The highest BCUT2D eigenvalue weighted by Gasteiger charge is 2.47. The van der Waals surface area contributed by atoms with Crippen LogP contribution in [0.5, 0.6) is 0 Å². The molecule has 0 bridgehead atoms. The van der Waals surface area contributed by atoms with Crippen LogP contribution in [0.2, 0.25) is 0 Å². The standard InChI is InChI=1S/C53H35NO.C53H37NO/c1-4-17-39(18-5-1)53(40-19-6-2-7-20-40)48-34-38(44-24-14-26-51-52(44)47-23-12-13-25-50(47)55-51)28-31-45(48)46-32-30-43(35-49(46)53)54(41-21-8-3-9-22-41)42-29-27-36-15-10-11-16-37(36)33-42;1-36-33-43-13-5-6-16-47(43)50(34-36)41-27-31-45(32-28-41)54(46-15-9-14-42(35-46)37-11-3-2-4-12-37)44-29-25-39(26-30-44)38-21-23-40(24-22-38)48-18-10-20-52-53(48)49-17-7-8-19-51(49)55-52/h1-35H;2-35H,1H3/i3D,8D,9D,10D,11D,15D,16D,21D,22D,27D,29D,33D;2D,3D,4D,5D,6D,11D,12D,13D,16D,27D,28D,31D,32D,33D,34D. The summed E-state index contributed by atoms with van der Waals surface area (Å²) < 4.78 is 252. The maximum absolute atomic E-state index is 9.66. The molecule has 0 fully saturated rings. The summed E-state index contributed by atoms with van der Waals surface area (Å²) in [7, 11) is 0. The fourth-order valence-corrected chi connectivity index (χ4v) is 15.5.